The molecule has 4 heteroatoms. The van der Waals surface area contributed by atoms with Gasteiger partial charge < -0.3 is 15.5 Å². The number of para-hydroxylation sites is 1. The van der Waals surface area contributed by atoms with Crippen LogP contribution in [0.1, 0.15) is 61.3 Å². The number of benzene rings is 1. The fourth-order valence-electron chi connectivity index (χ4n) is 5.77. The standard InChI is InChI=1S/C23H32N4/c1-19(2,3)25-18-12-17(15-10-8-9-11-16(15)24-18)27-22(6)13-20(22,4)26-21(5)14-23(21,27)7/h8-12,26H,13-14H2,1-7H3,(H,24,25). The van der Waals surface area contributed by atoms with E-state index in [1.807, 2.05) is 0 Å². The molecule has 144 valence electrons. The molecular weight excluding hydrogens is 332 g/mol. The molecule has 2 aliphatic carbocycles. The van der Waals surface area contributed by atoms with Gasteiger partial charge >= 0.3 is 0 Å². The number of nitrogens with one attached hydrogen (secondary N) is 2. The number of fused-ring (bicyclic) bond motifs is 3. The van der Waals surface area contributed by atoms with Gasteiger partial charge in [-0.05, 0) is 67.4 Å². The highest BCUT2D eigenvalue weighted by atomic mass is 15.5. The van der Waals surface area contributed by atoms with E-state index in [9.17, 15) is 0 Å². The summed E-state index contributed by atoms with van der Waals surface area (Å²) in [4.78, 5) is 7.66. The molecule has 0 spiro atoms. The Morgan fingerprint density at radius 2 is 1.59 bits per heavy atom. The molecule has 3 fully saturated rings. The first-order valence-corrected chi connectivity index (χ1v) is 10.2. The van der Waals surface area contributed by atoms with Crippen LogP contribution >= 0.6 is 0 Å². The van der Waals surface area contributed by atoms with Crippen molar-refractivity contribution in [2.75, 3.05) is 10.2 Å². The minimum Gasteiger partial charge on any atom is -0.365 e. The zero-order valence-electron chi connectivity index (χ0n) is 17.7. The second kappa shape index (κ2) is 4.60. The Morgan fingerprint density at radius 3 is 2.19 bits per heavy atom. The fourth-order valence-corrected chi connectivity index (χ4v) is 5.77. The van der Waals surface area contributed by atoms with E-state index in [0.29, 0.717) is 0 Å². The number of nitrogens with zero attached hydrogens (tertiary/aromatic N) is 2. The van der Waals surface area contributed by atoms with Crippen molar-refractivity contribution in [2.24, 2.45) is 0 Å². The SMILES string of the molecule is CC(C)(C)Nc1cc(N2C3(C)CC3(C)NC3(C)CC23C)c2ccccc2n1. The molecule has 2 saturated carbocycles. The average Bonchev–Trinajstić information content (AvgIpc) is 3.26. The van der Waals surface area contributed by atoms with Crippen LogP contribution in [0.2, 0.25) is 0 Å². The molecule has 3 aliphatic rings. The van der Waals surface area contributed by atoms with Gasteiger partial charge in [-0.25, -0.2) is 4.98 Å². The van der Waals surface area contributed by atoms with Crippen molar-refractivity contribution in [3.63, 3.8) is 0 Å². The minimum absolute atomic E-state index is 0.0217. The van der Waals surface area contributed by atoms with Gasteiger partial charge in [-0.1, -0.05) is 18.2 Å². The highest BCUT2D eigenvalue weighted by molar-refractivity contribution is 5.95. The summed E-state index contributed by atoms with van der Waals surface area (Å²) >= 11 is 0. The normalized spacial score (nSPS) is 39.7. The Kier molecular flexibility index (Phi) is 2.95. The van der Waals surface area contributed by atoms with Gasteiger partial charge in [-0.3, -0.25) is 0 Å². The number of hydrogen-bond acceptors (Lipinski definition) is 4. The average molecular weight is 365 g/mol. The van der Waals surface area contributed by atoms with E-state index < -0.39 is 0 Å². The summed E-state index contributed by atoms with van der Waals surface area (Å²) in [5, 5.41) is 8.84. The van der Waals surface area contributed by atoms with Gasteiger partial charge in [0.05, 0.1) is 22.3 Å². The molecule has 0 amide bonds. The Morgan fingerprint density at radius 1 is 1.00 bits per heavy atom. The first-order valence-electron chi connectivity index (χ1n) is 10.2. The van der Waals surface area contributed by atoms with Crippen molar-refractivity contribution in [2.45, 2.75) is 89.0 Å². The topological polar surface area (TPSA) is 40.2 Å². The highest BCUT2D eigenvalue weighted by Gasteiger charge is 2.81. The van der Waals surface area contributed by atoms with Crippen LogP contribution in [0.5, 0.6) is 0 Å². The van der Waals surface area contributed by atoms with Crippen LogP contribution in [0.3, 0.4) is 0 Å². The number of aromatic nitrogens is 1. The van der Waals surface area contributed by atoms with Crippen molar-refractivity contribution in [3.05, 3.63) is 30.3 Å². The molecule has 0 bridgehead atoms. The summed E-state index contributed by atoms with van der Waals surface area (Å²) in [6.07, 6.45) is 2.37. The molecule has 1 aromatic carbocycles. The first kappa shape index (κ1) is 17.3. The van der Waals surface area contributed by atoms with Crippen LogP contribution in [0, 0.1) is 0 Å². The summed E-state index contributed by atoms with van der Waals surface area (Å²) < 4.78 is 0. The lowest BCUT2D eigenvalue weighted by Gasteiger charge is -2.48. The lowest BCUT2D eigenvalue weighted by Crippen LogP contribution is -2.64. The monoisotopic (exact) mass is 364 g/mol. The number of piperazine rings is 1. The Hall–Kier alpha value is -1.81. The van der Waals surface area contributed by atoms with Crippen molar-refractivity contribution < 1.29 is 0 Å². The van der Waals surface area contributed by atoms with Gasteiger partial charge in [0.1, 0.15) is 5.82 Å². The molecule has 1 saturated heterocycles. The van der Waals surface area contributed by atoms with Gasteiger partial charge in [-0.15, -0.1) is 0 Å². The maximum absolute atomic E-state index is 4.92. The molecule has 1 aliphatic heterocycles. The van der Waals surface area contributed by atoms with E-state index >= 15 is 0 Å². The van der Waals surface area contributed by atoms with Crippen molar-refractivity contribution in [1.29, 1.82) is 0 Å². The zero-order valence-corrected chi connectivity index (χ0v) is 17.7. The van der Waals surface area contributed by atoms with Gasteiger partial charge in [0.25, 0.3) is 0 Å². The second-order valence-corrected chi connectivity index (χ2v) is 10.9. The summed E-state index contributed by atoms with van der Waals surface area (Å²) in [6, 6.07) is 10.9. The molecule has 2 aromatic rings. The lowest BCUT2D eigenvalue weighted by atomic mass is 9.95. The van der Waals surface area contributed by atoms with Crippen molar-refractivity contribution in [3.8, 4) is 0 Å². The second-order valence-electron chi connectivity index (χ2n) is 10.9. The number of anilines is 2. The number of hydrogen-bond donors (Lipinski definition) is 2. The Balaban J connectivity index is 1.72. The van der Waals surface area contributed by atoms with Gasteiger partial charge in [0.2, 0.25) is 0 Å². The van der Waals surface area contributed by atoms with Crippen LogP contribution in [0.15, 0.2) is 30.3 Å². The molecule has 0 radical (unpaired) electrons. The molecule has 1 aromatic heterocycles. The van der Waals surface area contributed by atoms with E-state index in [4.69, 9.17) is 4.98 Å². The maximum Gasteiger partial charge on any atom is 0.129 e. The van der Waals surface area contributed by atoms with Crippen molar-refractivity contribution >= 4 is 22.4 Å². The predicted molar refractivity (Wildman–Crippen MR) is 114 cm³/mol. The summed E-state index contributed by atoms with van der Waals surface area (Å²) in [5.41, 5.74) is 3.01. The smallest absolute Gasteiger partial charge is 0.129 e. The lowest BCUT2D eigenvalue weighted by molar-refractivity contribution is 0.293. The third kappa shape index (κ3) is 2.16. The van der Waals surface area contributed by atoms with Gasteiger partial charge in [-0.2, -0.15) is 0 Å². The highest BCUT2D eigenvalue weighted by Crippen LogP contribution is 2.69. The Bertz CT molecular complexity index is 934. The zero-order chi connectivity index (χ0) is 19.5. The minimum atomic E-state index is -0.0217. The summed E-state index contributed by atoms with van der Waals surface area (Å²) in [7, 11) is 0. The van der Waals surface area contributed by atoms with E-state index in [1.54, 1.807) is 0 Å². The van der Waals surface area contributed by atoms with Crippen LogP contribution in [0.25, 0.3) is 10.9 Å². The predicted octanol–water partition coefficient (Wildman–Crippen LogP) is 4.70. The van der Waals surface area contributed by atoms with E-state index in [1.165, 1.54) is 23.9 Å². The molecule has 4 atom stereocenters. The van der Waals surface area contributed by atoms with Crippen LogP contribution in [-0.4, -0.2) is 32.7 Å². The third-order valence-electron chi connectivity index (χ3n) is 7.50. The van der Waals surface area contributed by atoms with Gasteiger partial charge in [0, 0.05) is 28.1 Å². The fraction of sp³-hybridized carbons (Fsp3) is 0.609. The number of pyridine rings is 1. The van der Waals surface area contributed by atoms with Crippen LogP contribution in [0.4, 0.5) is 11.5 Å². The van der Waals surface area contributed by atoms with Crippen LogP contribution < -0.4 is 15.5 Å². The van der Waals surface area contributed by atoms with E-state index in [2.05, 4.69) is 94.3 Å². The van der Waals surface area contributed by atoms with E-state index in [-0.39, 0.29) is 27.7 Å². The molecule has 4 unspecified atom stereocenters. The molecular formula is C23H32N4. The molecule has 4 nitrogen and oxygen atoms in total. The van der Waals surface area contributed by atoms with Gasteiger partial charge in [0.15, 0.2) is 0 Å². The number of rotatable bonds is 2. The summed E-state index contributed by atoms with van der Waals surface area (Å²) in [5.74, 6) is 0.964. The summed E-state index contributed by atoms with van der Waals surface area (Å²) in [6.45, 7) is 16.2. The molecule has 2 N–H and O–H groups in total. The molecule has 5 rings (SSSR count). The Labute approximate surface area is 162 Å². The largest absolute Gasteiger partial charge is 0.365 e. The van der Waals surface area contributed by atoms with Crippen molar-refractivity contribution in [1.82, 2.24) is 10.3 Å². The first-order chi connectivity index (χ1) is 12.4. The molecule has 27 heavy (non-hydrogen) atoms. The van der Waals surface area contributed by atoms with Crippen LogP contribution in [-0.2, 0) is 0 Å². The third-order valence-corrected chi connectivity index (χ3v) is 7.50. The quantitative estimate of drug-likeness (QED) is 0.810. The molecule has 2 heterocycles. The van der Waals surface area contributed by atoms with E-state index in [0.717, 1.165) is 11.3 Å². The maximum atomic E-state index is 4.92.